The van der Waals surface area contributed by atoms with Crippen molar-refractivity contribution in [2.45, 2.75) is 26.8 Å². The summed E-state index contributed by atoms with van der Waals surface area (Å²) in [6.45, 7) is 5.03. The number of hydrogen-bond acceptors (Lipinski definition) is 1. The molecule has 0 aliphatic carbocycles. The molecule has 0 unspecified atom stereocenters. The summed E-state index contributed by atoms with van der Waals surface area (Å²) in [5.41, 5.74) is 7.74. The van der Waals surface area contributed by atoms with E-state index in [0.717, 1.165) is 18.7 Å². The maximum absolute atomic E-state index is 4.66. The van der Waals surface area contributed by atoms with Gasteiger partial charge in [0.05, 0.1) is 6.54 Å². The first-order valence-corrected chi connectivity index (χ1v) is 7.09. The van der Waals surface area contributed by atoms with Crippen molar-refractivity contribution in [1.82, 2.24) is 0 Å². The molecule has 0 saturated carbocycles. The molecule has 1 aliphatic rings. The van der Waals surface area contributed by atoms with Crippen LogP contribution in [0.1, 0.15) is 25.0 Å². The molecule has 0 saturated heterocycles. The molecular weight excluding hydrogens is 242 g/mol. The number of allylic oxidation sites excluding steroid dienone is 2. The Balaban J connectivity index is 2.02. The van der Waals surface area contributed by atoms with Crippen molar-refractivity contribution in [3.8, 4) is 11.1 Å². The van der Waals surface area contributed by atoms with Gasteiger partial charge in [0, 0.05) is 5.71 Å². The van der Waals surface area contributed by atoms with Gasteiger partial charge in [0.25, 0.3) is 0 Å². The van der Waals surface area contributed by atoms with Crippen LogP contribution in [0.15, 0.2) is 65.2 Å². The van der Waals surface area contributed by atoms with Crippen LogP contribution >= 0.6 is 0 Å². The first-order valence-electron chi connectivity index (χ1n) is 7.09. The second kappa shape index (κ2) is 5.46. The van der Waals surface area contributed by atoms with Crippen LogP contribution in [0, 0.1) is 0 Å². The Morgan fingerprint density at radius 1 is 0.850 bits per heavy atom. The van der Waals surface area contributed by atoms with Crippen molar-refractivity contribution in [1.29, 1.82) is 0 Å². The van der Waals surface area contributed by atoms with Crippen LogP contribution in [0.2, 0.25) is 0 Å². The van der Waals surface area contributed by atoms with E-state index in [1.54, 1.807) is 0 Å². The Morgan fingerprint density at radius 3 is 2.45 bits per heavy atom. The molecule has 0 radical (unpaired) electrons. The summed E-state index contributed by atoms with van der Waals surface area (Å²) in [4.78, 5) is 4.66. The molecule has 1 heterocycles. The number of benzene rings is 2. The van der Waals surface area contributed by atoms with Gasteiger partial charge < -0.3 is 0 Å². The lowest BCUT2D eigenvalue weighted by Crippen LogP contribution is -2.02. The maximum Gasteiger partial charge on any atom is 0.0645 e. The Hall–Kier alpha value is -2.15. The maximum atomic E-state index is 4.66. The summed E-state index contributed by atoms with van der Waals surface area (Å²) < 4.78 is 0. The van der Waals surface area contributed by atoms with E-state index in [2.05, 4.69) is 73.4 Å². The molecule has 0 amide bonds. The molecule has 0 spiro atoms. The summed E-state index contributed by atoms with van der Waals surface area (Å²) >= 11 is 0. The lowest BCUT2D eigenvalue weighted by molar-refractivity contribution is 1.01. The van der Waals surface area contributed by atoms with E-state index in [1.807, 2.05) is 0 Å². The van der Waals surface area contributed by atoms with Gasteiger partial charge in [-0.25, -0.2) is 0 Å². The van der Waals surface area contributed by atoms with Gasteiger partial charge in [0.15, 0.2) is 0 Å². The number of aliphatic imine (C=N–C) groups is 1. The lowest BCUT2D eigenvalue weighted by Gasteiger charge is -2.13. The molecule has 2 aromatic rings. The number of rotatable bonds is 1. The second-order valence-electron chi connectivity index (χ2n) is 5.34. The molecule has 100 valence electrons. The minimum Gasteiger partial charge on any atom is -0.285 e. The summed E-state index contributed by atoms with van der Waals surface area (Å²) in [6.07, 6.45) is 3.28. The predicted molar refractivity (Wildman–Crippen MR) is 86.2 cm³/mol. The van der Waals surface area contributed by atoms with Crippen LogP contribution < -0.4 is 0 Å². The van der Waals surface area contributed by atoms with E-state index in [1.165, 1.54) is 27.8 Å². The van der Waals surface area contributed by atoms with Crippen molar-refractivity contribution in [2.75, 3.05) is 0 Å². The molecular formula is C19H19N. The van der Waals surface area contributed by atoms with E-state index in [9.17, 15) is 0 Å². The van der Waals surface area contributed by atoms with Crippen molar-refractivity contribution >= 4 is 5.71 Å². The van der Waals surface area contributed by atoms with Gasteiger partial charge in [-0.05, 0) is 48.1 Å². The van der Waals surface area contributed by atoms with Crippen LogP contribution in [-0.4, -0.2) is 5.71 Å². The third-order valence-electron chi connectivity index (χ3n) is 4.00. The smallest absolute Gasteiger partial charge is 0.0645 e. The van der Waals surface area contributed by atoms with Crippen molar-refractivity contribution in [2.24, 2.45) is 4.99 Å². The molecule has 0 N–H and O–H groups in total. The van der Waals surface area contributed by atoms with Crippen molar-refractivity contribution < 1.29 is 0 Å². The van der Waals surface area contributed by atoms with Gasteiger partial charge in [-0.3, -0.25) is 4.99 Å². The predicted octanol–water partition coefficient (Wildman–Crippen LogP) is 4.82. The largest absolute Gasteiger partial charge is 0.285 e. The van der Waals surface area contributed by atoms with Crippen LogP contribution in [0.25, 0.3) is 11.1 Å². The number of nitrogens with zero attached hydrogens (tertiary/aromatic N) is 1. The Bertz CT molecular complexity index is 678. The average Bonchev–Trinajstić information content (AvgIpc) is 2.50. The third-order valence-corrected chi connectivity index (χ3v) is 4.00. The highest BCUT2D eigenvalue weighted by atomic mass is 14.7. The highest BCUT2D eigenvalue weighted by Gasteiger charge is 2.08. The molecule has 1 aliphatic heterocycles. The fourth-order valence-electron chi connectivity index (χ4n) is 2.52. The Kier molecular flexibility index (Phi) is 3.51. The minimum atomic E-state index is 0.793. The summed E-state index contributed by atoms with van der Waals surface area (Å²) in [5, 5.41) is 0. The zero-order chi connectivity index (χ0) is 13.9. The van der Waals surface area contributed by atoms with Crippen molar-refractivity contribution in [3.05, 3.63) is 71.3 Å². The van der Waals surface area contributed by atoms with Crippen LogP contribution in [0.5, 0.6) is 0 Å². The first kappa shape index (κ1) is 12.9. The Labute approximate surface area is 120 Å². The van der Waals surface area contributed by atoms with Gasteiger partial charge in [-0.15, -0.1) is 0 Å². The topological polar surface area (TPSA) is 12.4 Å². The van der Waals surface area contributed by atoms with Crippen LogP contribution in [0.4, 0.5) is 0 Å². The number of fused-ring (bicyclic) bond motifs is 1. The zero-order valence-corrected chi connectivity index (χ0v) is 12.1. The first-order chi connectivity index (χ1) is 9.74. The van der Waals surface area contributed by atoms with Crippen LogP contribution in [-0.2, 0) is 13.0 Å². The number of hydrogen-bond donors (Lipinski definition) is 0. The van der Waals surface area contributed by atoms with Crippen LogP contribution in [0.3, 0.4) is 0 Å². The van der Waals surface area contributed by atoms with E-state index in [0.29, 0.717) is 0 Å². The van der Waals surface area contributed by atoms with E-state index in [4.69, 9.17) is 0 Å². The fourth-order valence-corrected chi connectivity index (χ4v) is 2.52. The van der Waals surface area contributed by atoms with E-state index >= 15 is 0 Å². The van der Waals surface area contributed by atoms with Gasteiger partial charge in [0.1, 0.15) is 0 Å². The van der Waals surface area contributed by atoms with E-state index < -0.39 is 0 Å². The van der Waals surface area contributed by atoms with Gasteiger partial charge in [0.2, 0.25) is 0 Å². The normalized spacial score (nSPS) is 17.3. The summed E-state index contributed by atoms with van der Waals surface area (Å²) in [6, 6.07) is 17.3. The molecule has 2 aromatic carbocycles. The SMILES string of the molecule is CC1=NCc2ccc(-c3ccccc3)cc2C/C=C\1C. The van der Waals surface area contributed by atoms with E-state index in [-0.39, 0.29) is 0 Å². The average molecular weight is 261 g/mol. The molecule has 0 aromatic heterocycles. The highest BCUT2D eigenvalue weighted by molar-refractivity contribution is 5.97. The zero-order valence-electron chi connectivity index (χ0n) is 12.1. The summed E-state index contributed by atoms with van der Waals surface area (Å²) in [7, 11) is 0. The molecule has 0 bridgehead atoms. The lowest BCUT2D eigenvalue weighted by atomic mass is 9.95. The minimum absolute atomic E-state index is 0.793. The quantitative estimate of drug-likeness (QED) is 0.698. The molecule has 0 atom stereocenters. The molecule has 1 heteroatoms. The molecule has 20 heavy (non-hydrogen) atoms. The fraction of sp³-hybridized carbons (Fsp3) is 0.211. The van der Waals surface area contributed by atoms with Gasteiger partial charge in [-0.1, -0.05) is 54.6 Å². The molecule has 3 rings (SSSR count). The van der Waals surface area contributed by atoms with Crippen molar-refractivity contribution in [3.63, 3.8) is 0 Å². The van der Waals surface area contributed by atoms with Gasteiger partial charge >= 0.3 is 0 Å². The summed E-state index contributed by atoms with van der Waals surface area (Å²) in [5.74, 6) is 0. The second-order valence-corrected chi connectivity index (χ2v) is 5.34. The molecule has 1 nitrogen and oxygen atoms in total. The standard InChI is InChI=1S/C19H19N/c1-14-8-9-18-12-17(16-6-4-3-5-7-16)10-11-19(18)13-20-15(14)2/h3-8,10-12H,9,13H2,1-2H3/b14-8-,20-15?. The van der Waals surface area contributed by atoms with Gasteiger partial charge in [-0.2, -0.15) is 0 Å². The monoisotopic (exact) mass is 261 g/mol. The third kappa shape index (κ3) is 2.57. The Morgan fingerprint density at radius 2 is 1.65 bits per heavy atom. The highest BCUT2D eigenvalue weighted by Crippen LogP contribution is 2.24. The molecule has 0 fully saturated rings.